The zero-order valence-electron chi connectivity index (χ0n) is 16.9. The fraction of sp³-hybridized carbons (Fsp3) is 0.0870. The van der Waals surface area contributed by atoms with Crippen LogP contribution in [-0.2, 0) is 14.8 Å². The molecule has 6 nitrogen and oxygen atoms in total. The van der Waals surface area contributed by atoms with Crippen LogP contribution in [-0.4, -0.2) is 21.4 Å². The van der Waals surface area contributed by atoms with E-state index in [0.717, 1.165) is 5.56 Å². The number of carbonyl (C=O) groups excluding carboxylic acids is 1. The van der Waals surface area contributed by atoms with Gasteiger partial charge in [-0.1, -0.05) is 41.9 Å². The number of sulfonamides is 1. The van der Waals surface area contributed by atoms with Gasteiger partial charge < -0.3 is 10.1 Å². The minimum atomic E-state index is -3.79. The molecular formula is C23H21ClN2O4S. The number of para-hydroxylation sites is 2. The second-order valence-corrected chi connectivity index (χ2v) is 8.70. The molecule has 2 N–H and O–H groups in total. The number of ether oxygens (including phenoxy) is 1. The molecule has 0 aliphatic heterocycles. The lowest BCUT2D eigenvalue weighted by Gasteiger charge is -2.11. The quantitative estimate of drug-likeness (QED) is 0.484. The minimum Gasteiger partial charge on any atom is -0.495 e. The second-order valence-electron chi connectivity index (χ2n) is 6.61. The molecule has 0 atom stereocenters. The number of carbonyl (C=O) groups is 1. The van der Waals surface area contributed by atoms with Gasteiger partial charge >= 0.3 is 0 Å². The zero-order valence-corrected chi connectivity index (χ0v) is 18.5. The van der Waals surface area contributed by atoms with Gasteiger partial charge in [0.25, 0.3) is 10.0 Å². The van der Waals surface area contributed by atoms with Crippen molar-refractivity contribution < 1.29 is 17.9 Å². The van der Waals surface area contributed by atoms with Gasteiger partial charge in [0.05, 0.1) is 17.7 Å². The molecule has 3 rings (SSSR count). The lowest BCUT2D eigenvalue weighted by Crippen LogP contribution is -2.13. The van der Waals surface area contributed by atoms with E-state index in [1.165, 1.54) is 25.3 Å². The summed E-state index contributed by atoms with van der Waals surface area (Å²) in [6.45, 7) is 1.82. The predicted octanol–water partition coefficient (Wildman–Crippen LogP) is 5.11. The predicted molar refractivity (Wildman–Crippen MR) is 124 cm³/mol. The van der Waals surface area contributed by atoms with Crippen molar-refractivity contribution in [1.29, 1.82) is 0 Å². The van der Waals surface area contributed by atoms with Gasteiger partial charge in [-0.05, 0) is 60.5 Å². The second kappa shape index (κ2) is 9.68. The molecule has 0 aliphatic rings. The highest BCUT2D eigenvalue weighted by molar-refractivity contribution is 7.92. The van der Waals surface area contributed by atoms with E-state index in [1.54, 1.807) is 60.7 Å². The van der Waals surface area contributed by atoms with Crippen LogP contribution in [0.4, 0.5) is 11.4 Å². The van der Waals surface area contributed by atoms with E-state index < -0.39 is 10.0 Å². The van der Waals surface area contributed by atoms with Gasteiger partial charge in [0.15, 0.2) is 0 Å². The first-order valence-electron chi connectivity index (χ1n) is 9.30. The van der Waals surface area contributed by atoms with Gasteiger partial charge in [0.2, 0.25) is 5.91 Å². The number of anilines is 2. The Hall–Kier alpha value is -3.29. The third-order valence-electron chi connectivity index (χ3n) is 4.49. The first kappa shape index (κ1) is 22.4. The van der Waals surface area contributed by atoms with Crippen molar-refractivity contribution >= 4 is 45.0 Å². The van der Waals surface area contributed by atoms with Gasteiger partial charge in [0.1, 0.15) is 5.75 Å². The van der Waals surface area contributed by atoms with Crippen LogP contribution in [0.25, 0.3) is 6.08 Å². The Kier molecular flexibility index (Phi) is 6.99. The molecule has 0 fully saturated rings. The maximum atomic E-state index is 12.7. The molecule has 0 saturated heterocycles. The number of amides is 1. The van der Waals surface area contributed by atoms with E-state index in [2.05, 4.69) is 10.0 Å². The molecule has 0 bridgehead atoms. The molecule has 0 spiro atoms. The molecule has 8 heteroatoms. The highest BCUT2D eigenvalue weighted by Crippen LogP contribution is 2.26. The SMILES string of the molecule is COc1ccccc1NS(=O)(=O)c1ccc(/C=C/C(=O)Nc2cccc(Cl)c2C)cc1. The van der Waals surface area contributed by atoms with Crippen molar-refractivity contribution in [3.8, 4) is 5.75 Å². The summed E-state index contributed by atoms with van der Waals surface area (Å²) in [6.07, 6.45) is 2.97. The number of halogens is 1. The lowest BCUT2D eigenvalue weighted by atomic mass is 10.2. The maximum absolute atomic E-state index is 12.7. The lowest BCUT2D eigenvalue weighted by molar-refractivity contribution is -0.111. The molecule has 0 aromatic heterocycles. The van der Waals surface area contributed by atoms with Crippen LogP contribution in [0.3, 0.4) is 0 Å². The number of rotatable bonds is 7. The van der Waals surface area contributed by atoms with E-state index in [1.807, 2.05) is 6.92 Å². The van der Waals surface area contributed by atoms with Crippen LogP contribution in [0.2, 0.25) is 5.02 Å². The van der Waals surface area contributed by atoms with E-state index >= 15 is 0 Å². The molecular weight excluding hydrogens is 436 g/mol. The van der Waals surface area contributed by atoms with Crippen LogP contribution < -0.4 is 14.8 Å². The Morgan fingerprint density at radius 2 is 1.65 bits per heavy atom. The van der Waals surface area contributed by atoms with E-state index in [-0.39, 0.29) is 10.8 Å². The number of methoxy groups -OCH3 is 1. The van der Waals surface area contributed by atoms with Gasteiger partial charge in [-0.25, -0.2) is 8.42 Å². The highest BCUT2D eigenvalue weighted by atomic mass is 35.5. The molecule has 0 aliphatic carbocycles. The summed E-state index contributed by atoms with van der Waals surface area (Å²) >= 11 is 6.06. The summed E-state index contributed by atoms with van der Waals surface area (Å²) < 4.78 is 33.0. The van der Waals surface area contributed by atoms with E-state index in [9.17, 15) is 13.2 Å². The smallest absolute Gasteiger partial charge is 0.262 e. The Morgan fingerprint density at radius 1 is 0.968 bits per heavy atom. The van der Waals surface area contributed by atoms with Crippen molar-refractivity contribution in [2.24, 2.45) is 0 Å². The molecule has 3 aromatic carbocycles. The number of hydrogen-bond acceptors (Lipinski definition) is 4. The fourth-order valence-corrected chi connectivity index (χ4v) is 4.02. The van der Waals surface area contributed by atoms with Crippen molar-refractivity contribution in [1.82, 2.24) is 0 Å². The van der Waals surface area contributed by atoms with Gasteiger partial charge in [-0.2, -0.15) is 0 Å². The Morgan fingerprint density at radius 3 is 2.35 bits per heavy atom. The Balaban J connectivity index is 1.69. The molecule has 0 unspecified atom stereocenters. The van der Waals surface area contributed by atoms with Gasteiger partial charge in [0, 0.05) is 16.8 Å². The topological polar surface area (TPSA) is 84.5 Å². The summed E-state index contributed by atoms with van der Waals surface area (Å²) in [6, 6.07) is 18.2. The minimum absolute atomic E-state index is 0.0922. The number of nitrogens with one attached hydrogen (secondary N) is 2. The molecule has 3 aromatic rings. The molecule has 1 amide bonds. The molecule has 0 saturated carbocycles. The first-order chi connectivity index (χ1) is 14.8. The van der Waals surface area contributed by atoms with Crippen molar-refractivity contribution in [2.75, 3.05) is 17.1 Å². The molecule has 0 radical (unpaired) electrons. The zero-order chi connectivity index (χ0) is 22.4. The Bertz CT molecular complexity index is 1220. The third-order valence-corrected chi connectivity index (χ3v) is 6.29. The first-order valence-corrected chi connectivity index (χ1v) is 11.2. The summed E-state index contributed by atoms with van der Waals surface area (Å²) in [4.78, 5) is 12.3. The molecule has 0 heterocycles. The van der Waals surface area contributed by atoms with Crippen LogP contribution in [0.5, 0.6) is 5.75 Å². The summed E-state index contributed by atoms with van der Waals surface area (Å²) in [5.74, 6) is 0.103. The summed E-state index contributed by atoms with van der Waals surface area (Å²) in [5, 5.41) is 3.34. The standard InChI is InChI=1S/C23H21ClN2O4S/c1-16-19(24)6-5-8-20(16)25-23(27)15-12-17-10-13-18(14-11-17)31(28,29)26-21-7-3-4-9-22(21)30-2/h3-15,26H,1-2H3,(H,25,27)/b15-12+. The van der Waals surface area contributed by atoms with E-state index in [0.29, 0.717) is 27.7 Å². The Labute approximate surface area is 186 Å². The maximum Gasteiger partial charge on any atom is 0.262 e. The van der Waals surface area contributed by atoms with E-state index in [4.69, 9.17) is 16.3 Å². The van der Waals surface area contributed by atoms with Gasteiger partial charge in [-0.3, -0.25) is 9.52 Å². The fourth-order valence-electron chi connectivity index (χ4n) is 2.78. The highest BCUT2D eigenvalue weighted by Gasteiger charge is 2.16. The van der Waals surface area contributed by atoms with Crippen molar-refractivity contribution in [3.63, 3.8) is 0 Å². The monoisotopic (exact) mass is 456 g/mol. The largest absolute Gasteiger partial charge is 0.495 e. The van der Waals surface area contributed by atoms with Gasteiger partial charge in [-0.15, -0.1) is 0 Å². The van der Waals surface area contributed by atoms with Crippen molar-refractivity contribution in [2.45, 2.75) is 11.8 Å². The average molecular weight is 457 g/mol. The number of benzene rings is 3. The van der Waals surface area contributed by atoms with Crippen LogP contribution >= 0.6 is 11.6 Å². The van der Waals surface area contributed by atoms with Crippen molar-refractivity contribution in [3.05, 3.63) is 89.0 Å². The number of hydrogen-bond donors (Lipinski definition) is 2. The summed E-state index contributed by atoms with van der Waals surface area (Å²) in [7, 11) is -2.32. The average Bonchev–Trinajstić information content (AvgIpc) is 2.76. The normalized spacial score (nSPS) is 11.3. The van der Waals surface area contributed by atoms with Crippen LogP contribution in [0, 0.1) is 6.92 Å². The van der Waals surface area contributed by atoms with Crippen LogP contribution in [0.1, 0.15) is 11.1 Å². The molecule has 31 heavy (non-hydrogen) atoms. The third kappa shape index (κ3) is 5.65. The molecule has 160 valence electrons. The summed E-state index contributed by atoms with van der Waals surface area (Å²) in [5.41, 5.74) is 2.44. The van der Waals surface area contributed by atoms with Crippen LogP contribution in [0.15, 0.2) is 77.7 Å².